The number of carbonyl (C=O) groups is 1. The molecule has 2 unspecified atom stereocenters. The SMILES string of the molecule is CCC(C)Cc1ccc(COC(CCNC)c2ccccc2)cc1.CCCN(C)c1nc(SC)ncc1C(C)=O. The topological polar surface area (TPSA) is 67.3 Å². The van der Waals surface area contributed by atoms with Crippen LogP contribution in [0.1, 0.15) is 80.1 Å². The zero-order valence-electron chi connectivity index (χ0n) is 25.4. The van der Waals surface area contributed by atoms with Crippen LogP contribution in [0.25, 0.3) is 0 Å². The Labute approximate surface area is 246 Å². The van der Waals surface area contributed by atoms with Crippen molar-refractivity contribution in [1.82, 2.24) is 15.3 Å². The van der Waals surface area contributed by atoms with E-state index in [1.54, 1.807) is 13.1 Å². The summed E-state index contributed by atoms with van der Waals surface area (Å²) in [7, 11) is 3.93. The number of thioether (sulfide) groups is 1. The molecule has 7 heteroatoms. The maximum Gasteiger partial charge on any atom is 0.189 e. The number of nitrogens with zero attached hydrogens (tertiary/aromatic N) is 3. The molecule has 0 amide bonds. The van der Waals surface area contributed by atoms with Gasteiger partial charge in [-0.3, -0.25) is 4.79 Å². The molecule has 3 rings (SSSR count). The van der Waals surface area contributed by atoms with Crippen LogP contribution in [0.2, 0.25) is 0 Å². The van der Waals surface area contributed by atoms with Crippen molar-refractivity contribution in [3.05, 3.63) is 83.0 Å². The summed E-state index contributed by atoms with van der Waals surface area (Å²) in [6.07, 6.45) is 8.06. The zero-order valence-corrected chi connectivity index (χ0v) is 26.3. The molecule has 0 saturated carbocycles. The molecule has 0 aliphatic heterocycles. The van der Waals surface area contributed by atoms with Gasteiger partial charge in [-0.25, -0.2) is 9.97 Å². The van der Waals surface area contributed by atoms with E-state index < -0.39 is 0 Å². The van der Waals surface area contributed by atoms with Crippen LogP contribution in [0.15, 0.2) is 66.0 Å². The van der Waals surface area contributed by atoms with E-state index in [0.29, 0.717) is 17.3 Å². The second-order valence-corrected chi connectivity index (χ2v) is 11.0. The Hall–Kier alpha value is -2.74. The standard InChI is InChI=1S/C22H31NO.C11H17N3OS/c1-4-18(2)16-19-10-12-20(13-11-19)17-24-22(14-15-23-3)21-8-6-5-7-9-21;1-5-6-14(3)10-9(8(2)15)7-12-11(13-10)16-4/h5-13,18,22-23H,4,14-17H2,1-3H3;7H,5-6H2,1-4H3. The molecule has 1 N–H and O–H groups in total. The molecule has 1 heterocycles. The molecular formula is C33H48N4O2S. The molecule has 6 nitrogen and oxygen atoms in total. The van der Waals surface area contributed by atoms with Gasteiger partial charge in [-0.2, -0.15) is 0 Å². The highest BCUT2D eigenvalue weighted by Crippen LogP contribution is 2.23. The van der Waals surface area contributed by atoms with Gasteiger partial charge in [-0.05, 0) is 68.6 Å². The lowest BCUT2D eigenvalue weighted by molar-refractivity contribution is 0.0344. The summed E-state index contributed by atoms with van der Waals surface area (Å²) in [6.45, 7) is 10.7. The molecule has 3 aromatic rings. The number of anilines is 1. The monoisotopic (exact) mass is 564 g/mol. The number of ketones is 1. The molecule has 0 fully saturated rings. The highest BCUT2D eigenvalue weighted by Gasteiger charge is 2.14. The van der Waals surface area contributed by atoms with E-state index in [0.717, 1.165) is 44.1 Å². The largest absolute Gasteiger partial charge is 0.369 e. The van der Waals surface area contributed by atoms with Crippen LogP contribution < -0.4 is 10.2 Å². The van der Waals surface area contributed by atoms with E-state index in [4.69, 9.17) is 4.74 Å². The van der Waals surface area contributed by atoms with Crippen LogP contribution >= 0.6 is 11.8 Å². The van der Waals surface area contributed by atoms with Crippen LogP contribution in [-0.2, 0) is 17.8 Å². The van der Waals surface area contributed by atoms with E-state index >= 15 is 0 Å². The van der Waals surface area contributed by atoms with Gasteiger partial charge in [0.05, 0.1) is 18.3 Å². The van der Waals surface area contributed by atoms with Crippen LogP contribution in [0.4, 0.5) is 5.82 Å². The van der Waals surface area contributed by atoms with Crippen molar-refractivity contribution in [2.45, 2.75) is 71.2 Å². The first kappa shape index (κ1) is 33.5. The quantitative estimate of drug-likeness (QED) is 0.117. The predicted molar refractivity (Wildman–Crippen MR) is 169 cm³/mol. The van der Waals surface area contributed by atoms with Crippen molar-refractivity contribution in [1.29, 1.82) is 0 Å². The molecule has 0 saturated heterocycles. The third-order valence-electron chi connectivity index (χ3n) is 6.81. The van der Waals surface area contributed by atoms with Gasteiger partial charge in [-0.1, -0.05) is 93.6 Å². The molecule has 0 bridgehead atoms. The number of benzene rings is 2. The van der Waals surface area contributed by atoms with E-state index in [2.05, 4.69) is 90.7 Å². The third-order valence-corrected chi connectivity index (χ3v) is 7.37. The smallest absolute Gasteiger partial charge is 0.189 e. The summed E-state index contributed by atoms with van der Waals surface area (Å²) in [5.41, 5.74) is 4.51. The number of aromatic nitrogens is 2. The number of rotatable bonds is 15. The van der Waals surface area contributed by atoms with Crippen LogP contribution in [0, 0.1) is 5.92 Å². The highest BCUT2D eigenvalue weighted by molar-refractivity contribution is 7.98. The molecule has 0 aliphatic carbocycles. The Morgan fingerprint density at radius 1 is 1.07 bits per heavy atom. The Bertz CT molecular complexity index is 1130. The first-order valence-corrected chi connectivity index (χ1v) is 15.6. The lowest BCUT2D eigenvalue weighted by Crippen LogP contribution is -2.22. The van der Waals surface area contributed by atoms with Gasteiger partial charge in [0, 0.05) is 19.8 Å². The zero-order chi connectivity index (χ0) is 29.3. The van der Waals surface area contributed by atoms with Crippen LogP contribution in [0.5, 0.6) is 0 Å². The molecule has 2 atom stereocenters. The summed E-state index contributed by atoms with van der Waals surface area (Å²) < 4.78 is 6.22. The van der Waals surface area contributed by atoms with Crippen molar-refractivity contribution >= 4 is 23.4 Å². The number of nitrogens with one attached hydrogen (secondary N) is 1. The maximum absolute atomic E-state index is 11.5. The summed E-state index contributed by atoms with van der Waals surface area (Å²) in [5, 5.41) is 3.91. The normalized spacial score (nSPS) is 12.3. The lowest BCUT2D eigenvalue weighted by Gasteiger charge is -2.19. The second kappa shape index (κ2) is 18.6. The molecule has 218 valence electrons. The minimum atomic E-state index is 0.00519. The van der Waals surface area contributed by atoms with E-state index in [9.17, 15) is 4.79 Å². The Morgan fingerprint density at radius 2 is 1.75 bits per heavy atom. The third kappa shape index (κ3) is 11.4. The van der Waals surface area contributed by atoms with Gasteiger partial charge in [0.2, 0.25) is 0 Å². The number of ether oxygens (including phenoxy) is 1. The summed E-state index contributed by atoms with van der Waals surface area (Å²) >= 11 is 1.48. The molecule has 0 aliphatic rings. The van der Waals surface area contributed by atoms with Crippen molar-refractivity contribution < 1.29 is 9.53 Å². The predicted octanol–water partition coefficient (Wildman–Crippen LogP) is 7.39. The van der Waals surface area contributed by atoms with E-state index in [1.807, 2.05) is 25.3 Å². The average Bonchev–Trinajstić information content (AvgIpc) is 2.98. The molecule has 2 aromatic carbocycles. The van der Waals surface area contributed by atoms with Gasteiger partial charge in [0.1, 0.15) is 5.82 Å². The number of Topliss-reactive ketones (excluding diaryl/α,β-unsaturated/α-hetero) is 1. The highest BCUT2D eigenvalue weighted by atomic mass is 32.2. The summed E-state index contributed by atoms with van der Waals surface area (Å²) in [5.74, 6) is 1.48. The average molecular weight is 565 g/mol. The Balaban J connectivity index is 0.000000305. The minimum absolute atomic E-state index is 0.00519. The lowest BCUT2D eigenvalue weighted by atomic mass is 9.98. The van der Waals surface area contributed by atoms with Crippen LogP contribution in [0.3, 0.4) is 0 Å². The first-order chi connectivity index (χ1) is 19.3. The van der Waals surface area contributed by atoms with Crippen molar-refractivity contribution in [2.24, 2.45) is 5.92 Å². The fraction of sp³-hybridized carbons (Fsp3) is 0.485. The van der Waals surface area contributed by atoms with E-state index in [-0.39, 0.29) is 11.9 Å². The van der Waals surface area contributed by atoms with Gasteiger partial charge < -0.3 is 15.0 Å². The summed E-state index contributed by atoms with van der Waals surface area (Å²) in [6, 6.07) is 19.4. The van der Waals surface area contributed by atoms with Crippen LogP contribution in [-0.4, -0.2) is 49.2 Å². The molecule has 1 aromatic heterocycles. The first-order valence-electron chi connectivity index (χ1n) is 14.3. The van der Waals surface area contributed by atoms with Gasteiger partial charge >= 0.3 is 0 Å². The van der Waals surface area contributed by atoms with Gasteiger partial charge in [0.25, 0.3) is 0 Å². The molecule has 0 radical (unpaired) electrons. The van der Waals surface area contributed by atoms with Crippen molar-refractivity contribution in [2.75, 3.05) is 38.3 Å². The number of hydrogen-bond donors (Lipinski definition) is 1. The fourth-order valence-electron chi connectivity index (χ4n) is 4.24. The molecule has 40 heavy (non-hydrogen) atoms. The fourth-order valence-corrected chi connectivity index (χ4v) is 4.58. The second-order valence-electron chi connectivity index (χ2n) is 10.2. The van der Waals surface area contributed by atoms with Crippen molar-refractivity contribution in [3.8, 4) is 0 Å². The number of hydrogen-bond acceptors (Lipinski definition) is 7. The Kier molecular flexibility index (Phi) is 15.5. The molecule has 0 spiro atoms. The number of carbonyl (C=O) groups excluding carboxylic acids is 1. The van der Waals surface area contributed by atoms with Gasteiger partial charge in [-0.15, -0.1) is 0 Å². The minimum Gasteiger partial charge on any atom is -0.369 e. The van der Waals surface area contributed by atoms with Gasteiger partial charge in [0.15, 0.2) is 10.9 Å². The maximum atomic E-state index is 11.5. The Morgan fingerprint density at radius 3 is 2.33 bits per heavy atom. The van der Waals surface area contributed by atoms with E-state index in [1.165, 1.54) is 34.9 Å². The summed E-state index contributed by atoms with van der Waals surface area (Å²) in [4.78, 5) is 22.0. The van der Waals surface area contributed by atoms with Crippen molar-refractivity contribution in [3.63, 3.8) is 0 Å². The molecular weight excluding hydrogens is 516 g/mol.